The minimum absolute atomic E-state index is 0. The molecule has 1 fully saturated rings. The van der Waals surface area contributed by atoms with Gasteiger partial charge in [0.15, 0.2) is 0 Å². The van der Waals surface area contributed by atoms with Gasteiger partial charge in [-0.1, -0.05) is 0 Å². The van der Waals surface area contributed by atoms with E-state index in [4.69, 9.17) is 4.74 Å². The van der Waals surface area contributed by atoms with E-state index in [-0.39, 0.29) is 19.5 Å². The van der Waals surface area contributed by atoms with Gasteiger partial charge >= 0.3 is 19.5 Å². The van der Waals surface area contributed by atoms with Gasteiger partial charge in [0.25, 0.3) is 0 Å². The van der Waals surface area contributed by atoms with Crippen LogP contribution in [-0.2, 0) is 24.2 Å². The second kappa shape index (κ2) is 22.4. The predicted molar refractivity (Wildman–Crippen MR) is 45.8 cm³/mol. The first-order chi connectivity index (χ1) is 5.00. The number of rotatable bonds is 0. The van der Waals surface area contributed by atoms with Gasteiger partial charge in [-0.05, 0) is 0 Å². The van der Waals surface area contributed by atoms with Crippen molar-refractivity contribution in [2.75, 3.05) is 26.3 Å². The van der Waals surface area contributed by atoms with Crippen molar-refractivity contribution in [2.45, 2.75) is 13.8 Å². The van der Waals surface area contributed by atoms with Crippen molar-refractivity contribution in [3.8, 4) is 0 Å². The van der Waals surface area contributed by atoms with Crippen LogP contribution in [0.4, 0.5) is 0 Å². The van der Waals surface area contributed by atoms with Gasteiger partial charge in [0, 0.05) is 13.1 Å². The minimum atomic E-state index is 0. The van der Waals surface area contributed by atoms with Crippen LogP contribution < -0.4 is 5.32 Å². The molecule has 0 spiro atoms. The number of hydrogen-bond acceptors (Lipinski definition) is 2. The molecule has 0 aromatic heterocycles. The Balaban J connectivity index is -0.000000114. The van der Waals surface area contributed by atoms with E-state index in [1.807, 2.05) is 0 Å². The summed E-state index contributed by atoms with van der Waals surface area (Å²) < 4.78 is 5.01. The van der Waals surface area contributed by atoms with Gasteiger partial charge in [0.2, 0.25) is 0 Å². The molecule has 1 aliphatic heterocycles. The van der Waals surface area contributed by atoms with Crippen molar-refractivity contribution in [2.24, 2.45) is 0 Å². The molecule has 64 valence electrons. The first kappa shape index (κ1) is 17.6. The third-order valence-electron chi connectivity index (χ3n) is 0.846. The number of ether oxygens (including phenoxy) is 1. The first-order valence-corrected chi connectivity index (χ1v) is 3.70. The SMILES string of the molecule is C1COCCN1.[CH2-]C.[CH2-]C.[Zn+2]. The Kier molecular flexibility index (Phi) is 35.8. The third kappa shape index (κ3) is 18.0. The van der Waals surface area contributed by atoms with Crippen LogP contribution in [0.5, 0.6) is 0 Å². The standard InChI is InChI=1S/C4H9NO.2C2H5.Zn/c1-3-6-4-2-5-1;2*1-2;/h5H,1-4H2;2*1H2,2H3;/q;2*-1;+2. The van der Waals surface area contributed by atoms with E-state index in [0.717, 1.165) is 26.3 Å². The molecule has 2 nitrogen and oxygen atoms in total. The van der Waals surface area contributed by atoms with Crippen LogP contribution >= 0.6 is 0 Å². The molecule has 1 rings (SSSR count). The van der Waals surface area contributed by atoms with Gasteiger partial charge in [0.1, 0.15) is 0 Å². The smallest absolute Gasteiger partial charge is 0.379 e. The zero-order valence-electron chi connectivity index (χ0n) is 7.86. The maximum atomic E-state index is 5.01. The second-order valence-corrected chi connectivity index (χ2v) is 1.36. The Morgan fingerprint density at radius 3 is 1.45 bits per heavy atom. The Morgan fingerprint density at radius 2 is 1.36 bits per heavy atom. The van der Waals surface area contributed by atoms with E-state index in [9.17, 15) is 0 Å². The molecule has 1 heterocycles. The summed E-state index contributed by atoms with van der Waals surface area (Å²) in [4.78, 5) is 0. The predicted octanol–water partition coefficient (Wildman–Crippen LogP) is 1.28. The van der Waals surface area contributed by atoms with E-state index in [2.05, 4.69) is 19.2 Å². The summed E-state index contributed by atoms with van der Waals surface area (Å²) in [7, 11) is 0. The van der Waals surface area contributed by atoms with Crippen LogP contribution in [0.1, 0.15) is 13.8 Å². The van der Waals surface area contributed by atoms with Gasteiger partial charge in [0.05, 0.1) is 13.2 Å². The summed E-state index contributed by atoms with van der Waals surface area (Å²) in [6.45, 7) is 13.8. The van der Waals surface area contributed by atoms with E-state index in [1.54, 1.807) is 13.8 Å². The van der Waals surface area contributed by atoms with Gasteiger partial charge in [-0.2, -0.15) is 13.8 Å². The van der Waals surface area contributed by atoms with Crippen molar-refractivity contribution >= 4 is 0 Å². The van der Waals surface area contributed by atoms with Crippen LogP contribution in [0.3, 0.4) is 0 Å². The topological polar surface area (TPSA) is 21.3 Å². The molecular formula is C8H19NOZn. The molecule has 1 N–H and O–H groups in total. The maximum absolute atomic E-state index is 5.01. The molecule has 1 aliphatic rings. The summed E-state index contributed by atoms with van der Waals surface area (Å²) >= 11 is 0. The van der Waals surface area contributed by atoms with Crippen LogP contribution in [0.25, 0.3) is 0 Å². The first-order valence-electron chi connectivity index (χ1n) is 3.70. The van der Waals surface area contributed by atoms with Gasteiger partial charge in [-0.25, -0.2) is 0 Å². The zero-order chi connectivity index (χ0) is 8.24. The van der Waals surface area contributed by atoms with Crippen molar-refractivity contribution < 1.29 is 24.2 Å². The molecule has 0 atom stereocenters. The maximum Gasteiger partial charge on any atom is 2.00 e. The Bertz CT molecular complexity index is 29.6. The van der Waals surface area contributed by atoms with Crippen molar-refractivity contribution in [3.63, 3.8) is 0 Å². The van der Waals surface area contributed by atoms with Crippen LogP contribution in [0.15, 0.2) is 0 Å². The van der Waals surface area contributed by atoms with Crippen molar-refractivity contribution in [1.29, 1.82) is 0 Å². The molecule has 3 heteroatoms. The molecule has 0 aromatic carbocycles. The molecule has 0 saturated carbocycles. The summed E-state index contributed by atoms with van der Waals surface area (Å²) in [6, 6.07) is 0. The monoisotopic (exact) mass is 209 g/mol. The zero-order valence-corrected chi connectivity index (χ0v) is 10.8. The van der Waals surface area contributed by atoms with Gasteiger partial charge in [-0.3, -0.25) is 0 Å². The summed E-state index contributed by atoms with van der Waals surface area (Å²) in [6.07, 6.45) is 0. The summed E-state index contributed by atoms with van der Waals surface area (Å²) in [5.41, 5.74) is 0. The van der Waals surface area contributed by atoms with Crippen LogP contribution in [0.2, 0.25) is 0 Å². The summed E-state index contributed by atoms with van der Waals surface area (Å²) in [5.74, 6) is 0. The molecule has 0 aliphatic carbocycles. The van der Waals surface area contributed by atoms with E-state index in [0.29, 0.717) is 0 Å². The average Bonchev–Trinajstić information content (AvgIpc) is 2.14. The molecule has 0 aromatic rings. The fraction of sp³-hybridized carbons (Fsp3) is 0.750. The van der Waals surface area contributed by atoms with Crippen molar-refractivity contribution in [1.82, 2.24) is 5.32 Å². The van der Waals surface area contributed by atoms with E-state index < -0.39 is 0 Å². The number of hydrogen-bond donors (Lipinski definition) is 1. The van der Waals surface area contributed by atoms with Gasteiger partial charge in [-0.15, -0.1) is 0 Å². The third-order valence-corrected chi connectivity index (χ3v) is 0.846. The fourth-order valence-electron chi connectivity index (χ4n) is 0.516. The Morgan fingerprint density at radius 1 is 1.00 bits per heavy atom. The second-order valence-electron chi connectivity index (χ2n) is 1.36. The van der Waals surface area contributed by atoms with Crippen molar-refractivity contribution in [3.05, 3.63) is 13.8 Å². The fourth-order valence-corrected chi connectivity index (χ4v) is 0.516. The quantitative estimate of drug-likeness (QED) is 0.481. The van der Waals surface area contributed by atoms with Crippen LogP contribution in [0, 0.1) is 13.8 Å². The average molecular weight is 211 g/mol. The minimum Gasteiger partial charge on any atom is -0.379 e. The molecule has 0 bridgehead atoms. The Hall–Kier alpha value is 0.543. The molecule has 1 saturated heterocycles. The van der Waals surface area contributed by atoms with E-state index >= 15 is 0 Å². The molecule has 0 radical (unpaired) electrons. The van der Waals surface area contributed by atoms with E-state index in [1.165, 1.54) is 0 Å². The number of nitrogens with one attached hydrogen (secondary N) is 1. The Labute approximate surface area is 83.8 Å². The molecule has 11 heavy (non-hydrogen) atoms. The molecule has 0 unspecified atom stereocenters. The normalized spacial score (nSPS) is 14.2. The largest absolute Gasteiger partial charge is 2.00 e. The van der Waals surface area contributed by atoms with Gasteiger partial charge < -0.3 is 23.9 Å². The molecular weight excluding hydrogens is 191 g/mol. The van der Waals surface area contributed by atoms with Crippen LogP contribution in [-0.4, -0.2) is 26.3 Å². The molecule has 0 amide bonds. The summed E-state index contributed by atoms with van der Waals surface area (Å²) in [5, 5.41) is 3.16. The number of morpholine rings is 1.